The van der Waals surface area contributed by atoms with Crippen LogP contribution in [-0.2, 0) is 15.1 Å². The SMILES string of the molecule is Cc1ncsc1-c1ccc([C@]2(C)NC(C3C[C@@H](O)CN3C(=O)[C@@H](NC(=O)OC(C)(C)C)C(C)(C)C)=NC2O)cc1. The van der Waals surface area contributed by atoms with E-state index in [-0.39, 0.29) is 18.9 Å². The van der Waals surface area contributed by atoms with Gasteiger partial charge in [0.05, 0.1) is 28.2 Å². The molecule has 4 N–H and O–H groups in total. The fraction of sp³-hybridized carbons (Fsp3) is 0.586. The molecule has 0 saturated carbocycles. The van der Waals surface area contributed by atoms with Crippen LogP contribution in [0.2, 0.25) is 0 Å². The number of carbonyl (C=O) groups is 2. The van der Waals surface area contributed by atoms with E-state index in [1.807, 2.05) is 64.4 Å². The number of ether oxygens (including phenoxy) is 1. The molecule has 5 atom stereocenters. The number of carbonyl (C=O) groups excluding carboxylic acids is 2. The Morgan fingerprint density at radius 2 is 1.82 bits per heavy atom. The highest BCUT2D eigenvalue weighted by atomic mass is 32.1. The van der Waals surface area contributed by atoms with Crippen molar-refractivity contribution in [2.45, 2.75) is 97.4 Å². The second kappa shape index (κ2) is 10.8. The van der Waals surface area contributed by atoms with Crippen molar-refractivity contribution >= 4 is 29.2 Å². The van der Waals surface area contributed by atoms with Crippen molar-refractivity contribution in [2.75, 3.05) is 6.54 Å². The summed E-state index contributed by atoms with van der Waals surface area (Å²) < 4.78 is 5.41. The Labute approximate surface area is 239 Å². The van der Waals surface area contributed by atoms with Crippen LogP contribution in [0.4, 0.5) is 4.79 Å². The Morgan fingerprint density at radius 1 is 1.18 bits per heavy atom. The largest absolute Gasteiger partial charge is 0.444 e. The number of β-amino-alcohol motifs (C(OH)–C–C–N with tert-alkyl or cyclic N) is 1. The summed E-state index contributed by atoms with van der Waals surface area (Å²) in [6.07, 6.45) is -2.31. The first-order valence-corrected chi connectivity index (χ1v) is 14.4. The van der Waals surface area contributed by atoms with Crippen molar-refractivity contribution in [3.8, 4) is 10.4 Å². The van der Waals surface area contributed by atoms with Gasteiger partial charge < -0.3 is 30.5 Å². The average Bonchev–Trinajstić information content (AvgIpc) is 3.53. The summed E-state index contributed by atoms with van der Waals surface area (Å²) in [6.45, 7) is 14.8. The average molecular weight is 572 g/mol. The molecule has 0 aliphatic carbocycles. The van der Waals surface area contributed by atoms with Gasteiger partial charge in [0.25, 0.3) is 0 Å². The number of aromatic nitrogens is 1. The number of nitrogens with zero attached hydrogens (tertiary/aromatic N) is 3. The third-order valence-electron chi connectivity index (χ3n) is 7.31. The smallest absolute Gasteiger partial charge is 0.408 e. The first-order valence-electron chi connectivity index (χ1n) is 13.5. The molecule has 2 aliphatic rings. The molecule has 2 amide bonds. The summed E-state index contributed by atoms with van der Waals surface area (Å²) in [7, 11) is 0. The van der Waals surface area contributed by atoms with Gasteiger partial charge in [-0.15, -0.1) is 11.3 Å². The van der Waals surface area contributed by atoms with Crippen molar-refractivity contribution < 1.29 is 24.5 Å². The van der Waals surface area contributed by atoms with E-state index in [0.717, 1.165) is 21.7 Å². The van der Waals surface area contributed by atoms with Gasteiger partial charge >= 0.3 is 6.09 Å². The molecule has 4 rings (SSSR count). The van der Waals surface area contributed by atoms with Gasteiger partial charge in [0.15, 0.2) is 6.23 Å². The number of aliphatic imine (C=N–C) groups is 1. The zero-order valence-electron chi connectivity index (χ0n) is 24.5. The maximum Gasteiger partial charge on any atom is 0.408 e. The zero-order chi connectivity index (χ0) is 29.6. The molecular weight excluding hydrogens is 530 g/mol. The Hall–Kier alpha value is -3.02. The third kappa shape index (κ3) is 6.16. The van der Waals surface area contributed by atoms with E-state index in [0.29, 0.717) is 5.84 Å². The molecule has 11 heteroatoms. The fourth-order valence-electron chi connectivity index (χ4n) is 5.12. The second-order valence-electron chi connectivity index (χ2n) is 12.9. The standard InChI is InChI=1S/C29H41N5O5S/c1-16-21(40-15-30-16)17-9-11-18(12-10-17)29(8)25(37)32-23(33-29)20-13-19(35)14-34(20)24(36)22(27(2,3)4)31-26(38)39-28(5,6)7/h9-12,15,19-20,22,25,35,37H,13-14H2,1-8H3,(H,31,38)(H,32,33)/t19-,20?,22-,25?,29+/m1/s1. The molecule has 0 radical (unpaired) electrons. The molecule has 10 nitrogen and oxygen atoms in total. The van der Waals surface area contributed by atoms with Crippen molar-refractivity contribution in [3.63, 3.8) is 0 Å². The van der Waals surface area contributed by atoms with Gasteiger partial charge in [-0.3, -0.25) is 4.79 Å². The number of thiazole rings is 1. The highest BCUT2D eigenvalue weighted by Gasteiger charge is 2.49. The number of aliphatic hydroxyl groups excluding tert-OH is 2. The minimum absolute atomic E-state index is 0.0858. The number of hydrogen-bond acceptors (Lipinski definition) is 9. The lowest BCUT2D eigenvalue weighted by Crippen LogP contribution is -2.58. The number of aliphatic hydroxyl groups is 2. The van der Waals surface area contributed by atoms with E-state index in [4.69, 9.17) is 4.74 Å². The van der Waals surface area contributed by atoms with E-state index in [9.17, 15) is 19.8 Å². The number of amidine groups is 1. The molecule has 1 fully saturated rings. The minimum Gasteiger partial charge on any atom is -0.444 e. The number of amides is 2. The highest BCUT2D eigenvalue weighted by Crippen LogP contribution is 2.35. The van der Waals surface area contributed by atoms with Crippen LogP contribution < -0.4 is 10.6 Å². The quantitative estimate of drug-likeness (QED) is 0.431. The molecular formula is C29H41N5O5S. The van der Waals surface area contributed by atoms with Gasteiger partial charge in [-0.2, -0.15) is 0 Å². The van der Waals surface area contributed by atoms with Crippen LogP contribution in [0.15, 0.2) is 34.8 Å². The molecule has 1 saturated heterocycles. The van der Waals surface area contributed by atoms with Crippen LogP contribution in [0.1, 0.15) is 66.1 Å². The lowest BCUT2D eigenvalue weighted by Gasteiger charge is -2.36. The van der Waals surface area contributed by atoms with Gasteiger partial charge in [0, 0.05) is 13.0 Å². The summed E-state index contributed by atoms with van der Waals surface area (Å²) >= 11 is 1.58. The van der Waals surface area contributed by atoms with Crippen LogP contribution in [0, 0.1) is 12.3 Å². The maximum absolute atomic E-state index is 13.9. The first-order chi connectivity index (χ1) is 18.5. The Balaban J connectivity index is 1.55. The summed E-state index contributed by atoms with van der Waals surface area (Å²) in [6, 6.07) is 6.41. The molecule has 1 aromatic heterocycles. The minimum atomic E-state index is -1.11. The zero-order valence-corrected chi connectivity index (χ0v) is 25.3. The summed E-state index contributed by atoms with van der Waals surface area (Å²) in [4.78, 5) is 38.0. The predicted octanol–water partition coefficient (Wildman–Crippen LogP) is 3.56. The molecule has 40 heavy (non-hydrogen) atoms. The van der Waals surface area contributed by atoms with E-state index in [1.54, 1.807) is 32.1 Å². The lowest BCUT2D eigenvalue weighted by atomic mass is 9.85. The van der Waals surface area contributed by atoms with Gasteiger partial charge in [0.1, 0.15) is 23.0 Å². The van der Waals surface area contributed by atoms with Crippen LogP contribution in [0.25, 0.3) is 10.4 Å². The second-order valence-corrected chi connectivity index (χ2v) is 13.8. The molecule has 1 aromatic carbocycles. The number of likely N-dealkylation sites (tertiary alicyclic amines) is 1. The Bertz CT molecular complexity index is 1280. The monoisotopic (exact) mass is 571 g/mol. The fourth-order valence-corrected chi connectivity index (χ4v) is 5.93. The van der Waals surface area contributed by atoms with Crippen LogP contribution >= 0.6 is 11.3 Å². The number of alkyl carbamates (subject to hydrolysis) is 1. The van der Waals surface area contributed by atoms with Crippen LogP contribution in [-0.4, -0.2) is 74.5 Å². The first kappa shape index (κ1) is 30.0. The molecule has 218 valence electrons. The highest BCUT2D eigenvalue weighted by molar-refractivity contribution is 7.13. The maximum atomic E-state index is 13.9. The molecule has 2 aromatic rings. The third-order valence-corrected chi connectivity index (χ3v) is 8.29. The van der Waals surface area contributed by atoms with E-state index >= 15 is 0 Å². The van der Waals surface area contributed by atoms with Crippen molar-refractivity contribution in [1.29, 1.82) is 0 Å². The van der Waals surface area contributed by atoms with E-state index in [1.165, 1.54) is 4.90 Å². The van der Waals surface area contributed by atoms with Gasteiger partial charge in [-0.1, -0.05) is 45.0 Å². The number of rotatable bonds is 5. The van der Waals surface area contributed by atoms with Crippen molar-refractivity contribution in [1.82, 2.24) is 20.5 Å². The van der Waals surface area contributed by atoms with Crippen molar-refractivity contribution in [2.24, 2.45) is 10.4 Å². The summed E-state index contributed by atoms with van der Waals surface area (Å²) in [5, 5.41) is 27.8. The van der Waals surface area contributed by atoms with E-state index in [2.05, 4.69) is 20.6 Å². The topological polar surface area (TPSA) is 136 Å². The van der Waals surface area contributed by atoms with E-state index < -0.39 is 47.1 Å². The van der Waals surface area contributed by atoms with Gasteiger partial charge in [-0.05, 0) is 51.2 Å². The number of nitrogens with one attached hydrogen (secondary N) is 2. The normalized spacial score (nSPS) is 25.8. The molecule has 3 heterocycles. The lowest BCUT2D eigenvalue weighted by molar-refractivity contribution is -0.136. The molecule has 0 spiro atoms. The summed E-state index contributed by atoms with van der Waals surface area (Å²) in [5.41, 5.74) is 2.37. The van der Waals surface area contributed by atoms with Crippen molar-refractivity contribution in [3.05, 3.63) is 41.0 Å². The number of aryl methyl sites for hydroxylation is 1. The number of hydrogen-bond donors (Lipinski definition) is 4. The van der Waals surface area contributed by atoms with Gasteiger partial charge in [0.2, 0.25) is 5.91 Å². The van der Waals surface area contributed by atoms with Gasteiger partial charge in [-0.25, -0.2) is 14.8 Å². The molecule has 0 bridgehead atoms. The number of benzene rings is 1. The van der Waals surface area contributed by atoms with Crippen LogP contribution in [0.5, 0.6) is 0 Å². The Morgan fingerprint density at radius 3 is 2.38 bits per heavy atom. The predicted molar refractivity (Wildman–Crippen MR) is 155 cm³/mol. The molecule has 2 unspecified atom stereocenters. The molecule has 2 aliphatic heterocycles. The summed E-state index contributed by atoms with van der Waals surface area (Å²) in [5.74, 6) is 0.0731. The Kier molecular flexibility index (Phi) is 8.05. The van der Waals surface area contributed by atoms with Crippen LogP contribution in [0.3, 0.4) is 0 Å².